The van der Waals surface area contributed by atoms with Gasteiger partial charge in [0.2, 0.25) is 6.29 Å². The Morgan fingerprint density at radius 2 is 2.10 bits per heavy atom. The lowest BCUT2D eigenvalue weighted by Crippen LogP contribution is -2.13. The zero-order chi connectivity index (χ0) is 13.9. The highest BCUT2D eigenvalue weighted by Crippen LogP contribution is 2.31. The van der Waals surface area contributed by atoms with Crippen LogP contribution in [0.4, 0.5) is 5.69 Å². The largest absolute Gasteiger partial charge is 0.327 e. The fraction of sp³-hybridized carbons (Fsp3) is 0.400. The highest BCUT2D eigenvalue weighted by Gasteiger charge is 2.17. The van der Waals surface area contributed by atoms with E-state index in [4.69, 9.17) is 0 Å². The number of carbonyl (C=O) groups is 2. The van der Waals surface area contributed by atoms with Crippen LogP contribution in [0.1, 0.15) is 38.1 Å². The van der Waals surface area contributed by atoms with Crippen molar-refractivity contribution in [1.82, 2.24) is 9.55 Å². The van der Waals surface area contributed by atoms with Gasteiger partial charge in [-0.05, 0) is 31.0 Å². The summed E-state index contributed by atoms with van der Waals surface area (Å²) in [6, 6.07) is 6.01. The third-order valence-electron chi connectivity index (χ3n) is 3.92. The third-order valence-corrected chi connectivity index (χ3v) is 3.92. The van der Waals surface area contributed by atoms with Crippen molar-refractivity contribution >= 4 is 28.9 Å². The Morgan fingerprint density at radius 1 is 1.30 bits per heavy atom. The molecule has 3 rings (SSSR count). The average Bonchev–Trinajstić information content (AvgIpc) is 2.91. The topological polar surface area (TPSA) is 64.0 Å². The van der Waals surface area contributed by atoms with E-state index in [1.165, 1.54) is 32.1 Å². The fourth-order valence-electron chi connectivity index (χ4n) is 2.93. The number of hydrogen-bond donors (Lipinski definition) is 1. The molecule has 1 aliphatic rings. The number of aromatic nitrogens is 2. The number of amides is 1. The number of carbonyl (C=O) groups excluding carboxylic acids is 2. The second kappa shape index (κ2) is 5.45. The van der Waals surface area contributed by atoms with E-state index in [1.807, 2.05) is 18.5 Å². The molecule has 1 aliphatic carbocycles. The third kappa shape index (κ3) is 2.43. The Morgan fingerprint density at radius 3 is 2.85 bits per heavy atom. The normalized spacial score (nSPS) is 16.2. The molecule has 1 amide bonds. The molecule has 0 atom stereocenters. The van der Waals surface area contributed by atoms with Crippen molar-refractivity contribution in [3.63, 3.8) is 0 Å². The van der Waals surface area contributed by atoms with Crippen molar-refractivity contribution in [2.75, 3.05) is 5.32 Å². The van der Waals surface area contributed by atoms with Gasteiger partial charge in [-0.15, -0.1) is 0 Å². The zero-order valence-corrected chi connectivity index (χ0v) is 11.2. The molecule has 0 saturated heterocycles. The van der Waals surface area contributed by atoms with E-state index in [0.717, 1.165) is 11.0 Å². The molecule has 1 aromatic heterocycles. The van der Waals surface area contributed by atoms with E-state index in [0.29, 0.717) is 11.7 Å². The Hall–Kier alpha value is -2.17. The fourth-order valence-corrected chi connectivity index (χ4v) is 2.93. The first-order valence-corrected chi connectivity index (χ1v) is 7.00. The van der Waals surface area contributed by atoms with E-state index < -0.39 is 5.91 Å². The van der Waals surface area contributed by atoms with Crippen LogP contribution in [0.3, 0.4) is 0 Å². The van der Waals surface area contributed by atoms with Gasteiger partial charge in [-0.25, -0.2) is 4.98 Å². The summed E-state index contributed by atoms with van der Waals surface area (Å²) in [5.74, 6) is -0.631. The molecule has 1 saturated carbocycles. The summed E-state index contributed by atoms with van der Waals surface area (Å²) in [5.41, 5.74) is 2.56. The number of rotatable bonds is 3. The lowest BCUT2D eigenvalue weighted by atomic mass is 9.95. The number of hydrogen-bond acceptors (Lipinski definition) is 3. The molecule has 5 heteroatoms. The van der Waals surface area contributed by atoms with Crippen LogP contribution in [0.15, 0.2) is 24.5 Å². The summed E-state index contributed by atoms with van der Waals surface area (Å²) in [5, 5.41) is 2.56. The number of anilines is 1. The number of fused-ring (bicyclic) bond motifs is 1. The molecular weight excluding hydrogens is 254 g/mol. The van der Waals surface area contributed by atoms with Gasteiger partial charge in [-0.2, -0.15) is 0 Å². The first kappa shape index (κ1) is 12.8. The van der Waals surface area contributed by atoms with Gasteiger partial charge in [0.05, 0.1) is 17.4 Å². The monoisotopic (exact) mass is 271 g/mol. The minimum absolute atomic E-state index is 0.280. The van der Waals surface area contributed by atoms with E-state index in [-0.39, 0.29) is 6.29 Å². The van der Waals surface area contributed by atoms with Crippen molar-refractivity contribution in [2.45, 2.75) is 38.1 Å². The lowest BCUT2D eigenvalue weighted by molar-refractivity contribution is -0.127. The van der Waals surface area contributed by atoms with Crippen LogP contribution in [0, 0.1) is 0 Å². The predicted molar refractivity (Wildman–Crippen MR) is 76.5 cm³/mol. The van der Waals surface area contributed by atoms with E-state index in [9.17, 15) is 9.59 Å². The summed E-state index contributed by atoms with van der Waals surface area (Å²) in [4.78, 5) is 26.0. The van der Waals surface area contributed by atoms with Crippen LogP contribution < -0.4 is 5.32 Å². The summed E-state index contributed by atoms with van der Waals surface area (Å²) in [6.07, 6.45) is 8.34. The van der Waals surface area contributed by atoms with E-state index >= 15 is 0 Å². The second-order valence-electron chi connectivity index (χ2n) is 5.25. The molecule has 0 radical (unpaired) electrons. The van der Waals surface area contributed by atoms with Crippen molar-refractivity contribution in [1.29, 1.82) is 0 Å². The molecule has 2 aromatic rings. The van der Waals surface area contributed by atoms with Crippen LogP contribution in [0.25, 0.3) is 11.0 Å². The Kier molecular flexibility index (Phi) is 3.50. The van der Waals surface area contributed by atoms with Crippen LogP contribution in [-0.4, -0.2) is 21.7 Å². The first-order valence-electron chi connectivity index (χ1n) is 7.00. The molecule has 1 heterocycles. The molecule has 1 fully saturated rings. The minimum atomic E-state index is -0.631. The van der Waals surface area contributed by atoms with Crippen LogP contribution in [0.5, 0.6) is 0 Å². The molecule has 1 N–H and O–H groups in total. The molecule has 5 nitrogen and oxygen atoms in total. The quantitative estimate of drug-likeness (QED) is 0.689. The molecule has 20 heavy (non-hydrogen) atoms. The number of nitrogens with zero attached hydrogens (tertiary/aromatic N) is 2. The molecular formula is C15H17N3O2. The van der Waals surface area contributed by atoms with E-state index in [2.05, 4.69) is 14.9 Å². The van der Waals surface area contributed by atoms with Gasteiger partial charge in [-0.1, -0.05) is 19.3 Å². The maximum absolute atomic E-state index is 11.1. The van der Waals surface area contributed by atoms with Gasteiger partial charge in [0, 0.05) is 11.7 Å². The first-order chi connectivity index (χ1) is 9.78. The molecule has 1 aromatic carbocycles. The second-order valence-corrected chi connectivity index (χ2v) is 5.25. The van der Waals surface area contributed by atoms with Crippen molar-refractivity contribution in [3.8, 4) is 0 Å². The molecule has 0 spiro atoms. The summed E-state index contributed by atoms with van der Waals surface area (Å²) >= 11 is 0. The van der Waals surface area contributed by atoms with Crippen molar-refractivity contribution in [2.24, 2.45) is 0 Å². The Labute approximate surface area is 117 Å². The predicted octanol–water partition coefficient (Wildman–Crippen LogP) is 2.68. The van der Waals surface area contributed by atoms with Gasteiger partial charge in [0.15, 0.2) is 0 Å². The standard InChI is InChI=1S/C15H17N3O2/c19-9-15(20)17-11-6-7-13-14(8-11)18(10-16-13)12-4-2-1-3-5-12/h6-10,12H,1-5H2,(H,17,20). The highest BCUT2D eigenvalue weighted by atomic mass is 16.2. The van der Waals surface area contributed by atoms with Crippen LogP contribution in [-0.2, 0) is 9.59 Å². The molecule has 0 unspecified atom stereocenters. The van der Waals surface area contributed by atoms with Gasteiger partial charge in [0.25, 0.3) is 5.91 Å². The van der Waals surface area contributed by atoms with Crippen LogP contribution in [0.2, 0.25) is 0 Å². The van der Waals surface area contributed by atoms with Gasteiger partial charge in [-0.3, -0.25) is 9.59 Å². The average molecular weight is 271 g/mol. The lowest BCUT2D eigenvalue weighted by Gasteiger charge is -2.23. The number of aldehydes is 1. The summed E-state index contributed by atoms with van der Waals surface area (Å²) < 4.78 is 2.20. The Bertz CT molecular complexity index is 642. The molecule has 104 valence electrons. The van der Waals surface area contributed by atoms with Crippen LogP contribution >= 0.6 is 0 Å². The number of nitrogens with one attached hydrogen (secondary N) is 1. The Balaban J connectivity index is 1.94. The van der Waals surface area contributed by atoms with Gasteiger partial charge >= 0.3 is 0 Å². The smallest absolute Gasteiger partial charge is 0.288 e. The van der Waals surface area contributed by atoms with E-state index in [1.54, 1.807) is 6.07 Å². The number of benzene rings is 1. The minimum Gasteiger partial charge on any atom is -0.327 e. The summed E-state index contributed by atoms with van der Waals surface area (Å²) in [7, 11) is 0. The molecule has 0 aliphatic heterocycles. The van der Waals surface area contributed by atoms with Crippen molar-refractivity contribution < 1.29 is 9.59 Å². The highest BCUT2D eigenvalue weighted by molar-refractivity contribution is 6.29. The number of imidazole rings is 1. The maximum atomic E-state index is 11.1. The maximum Gasteiger partial charge on any atom is 0.288 e. The zero-order valence-electron chi connectivity index (χ0n) is 11.2. The molecule has 0 bridgehead atoms. The van der Waals surface area contributed by atoms with Crippen molar-refractivity contribution in [3.05, 3.63) is 24.5 Å². The summed E-state index contributed by atoms with van der Waals surface area (Å²) in [6.45, 7) is 0. The van der Waals surface area contributed by atoms with Gasteiger partial charge in [0.1, 0.15) is 0 Å². The SMILES string of the molecule is O=CC(=O)Nc1ccc2ncn(C3CCCCC3)c2c1. The van der Waals surface area contributed by atoms with Gasteiger partial charge < -0.3 is 9.88 Å².